The summed E-state index contributed by atoms with van der Waals surface area (Å²) in [5.74, 6) is 0.863. The van der Waals surface area contributed by atoms with Crippen molar-refractivity contribution in [2.45, 2.75) is 25.3 Å². The van der Waals surface area contributed by atoms with Gasteiger partial charge in [0.1, 0.15) is 0 Å². The Morgan fingerprint density at radius 2 is 2.00 bits per heavy atom. The predicted molar refractivity (Wildman–Crippen MR) is 89.2 cm³/mol. The highest BCUT2D eigenvalue weighted by Gasteiger charge is 2.34. The van der Waals surface area contributed by atoms with Crippen LogP contribution in [0.25, 0.3) is 11.1 Å². The number of rotatable bonds is 5. The summed E-state index contributed by atoms with van der Waals surface area (Å²) in [6, 6.07) is 12.6. The number of carbonyl (C=O) groups excluding carboxylic acids is 1. The van der Waals surface area contributed by atoms with E-state index >= 15 is 0 Å². The smallest absolute Gasteiger partial charge is 0.287 e. The van der Waals surface area contributed by atoms with Gasteiger partial charge in [-0.3, -0.25) is 4.79 Å². The van der Waals surface area contributed by atoms with Crippen molar-refractivity contribution in [1.29, 1.82) is 0 Å². The summed E-state index contributed by atoms with van der Waals surface area (Å²) in [7, 11) is 0. The third-order valence-electron chi connectivity index (χ3n) is 4.89. The van der Waals surface area contributed by atoms with Crippen molar-refractivity contribution >= 4 is 5.91 Å². The molecular weight excluding hydrogens is 288 g/mol. The first kappa shape index (κ1) is 14.5. The highest BCUT2D eigenvalue weighted by Crippen LogP contribution is 2.31. The van der Waals surface area contributed by atoms with E-state index in [9.17, 15) is 4.79 Å². The molecule has 0 spiro atoms. The van der Waals surface area contributed by atoms with Crippen LogP contribution < -0.4 is 5.32 Å². The van der Waals surface area contributed by atoms with Crippen molar-refractivity contribution in [2.75, 3.05) is 19.6 Å². The fourth-order valence-electron chi connectivity index (χ4n) is 3.45. The molecule has 0 radical (unpaired) electrons. The third-order valence-corrected chi connectivity index (χ3v) is 4.89. The fourth-order valence-corrected chi connectivity index (χ4v) is 3.45. The molecule has 2 aliphatic rings. The molecule has 23 heavy (non-hydrogen) atoms. The molecule has 1 atom stereocenters. The van der Waals surface area contributed by atoms with Crippen molar-refractivity contribution in [3.05, 3.63) is 48.4 Å². The van der Waals surface area contributed by atoms with Gasteiger partial charge < -0.3 is 14.6 Å². The van der Waals surface area contributed by atoms with Crippen LogP contribution in [0.15, 0.2) is 47.1 Å². The van der Waals surface area contributed by atoms with Gasteiger partial charge in [-0.2, -0.15) is 0 Å². The molecule has 1 aromatic carbocycles. The second-order valence-electron chi connectivity index (χ2n) is 6.62. The summed E-state index contributed by atoms with van der Waals surface area (Å²) < 4.78 is 5.44. The number of carbonyl (C=O) groups is 1. The maximum Gasteiger partial charge on any atom is 0.287 e. The number of furan rings is 1. The SMILES string of the molecule is O=C(NC[C@H]1CCN(C2CC2)C1)c1occc1-c1ccccc1. The van der Waals surface area contributed by atoms with Gasteiger partial charge in [0.2, 0.25) is 0 Å². The van der Waals surface area contributed by atoms with Gasteiger partial charge in [-0.25, -0.2) is 0 Å². The van der Waals surface area contributed by atoms with Crippen LogP contribution in [0.2, 0.25) is 0 Å². The predicted octanol–water partition coefficient (Wildman–Crippen LogP) is 3.16. The van der Waals surface area contributed by atoms with Crippen molar-refractivity contribution in [3.8, 4) is 11.1 Å². The molecule has 1 amide bonds. The Morgan fingerprint density at radius 3 is 2.78 bits per heavy atom. The van der Waals surface area contributed by atoms with Gasteiger partial charge in [-0.15, -0.1) is 0 Å². The van der Waals surface area contributed by atoms with E-state index in [4.69, 9.17) is 4.42 Å². The van der Waals surface area contributed by atoms with Crippen LogP contribution in [-0.4, -0.2) is 36.5 Å². The van der Waals surface area contributed by atoms with Crippen molar-refractivity contribution in [3.63, 3.8) is 0 Å². The molecular formula is C19H22N2O2. The minimum atomic E-state index is -0.112. The van der Waals surface area contributed by atoms with Crippen LogP contribution in [0.1, 0.15) is 29.8 Å². The maximum absolute atomic E-state index is 12.5. The molecule has 120 valence electrons. The number of amides is 1. The normalized spacial score (nSPS) is 21.5. The molecule has 1 N–H and O–H groups in total. The van der Waals surface area contributed by atoms with Gasteiger partial charge >= 0.3 is 0 Å². The van der Waals surface area contributed by atoms with E-state index < -0.39 is 0 Å². The Balaban J connectivity index is 1.37. The zero-order chi connectivity index (χ0) is 15.6. The lowest BCUT2D eigenvalue weighted by Crippen LogP contribution is -2.31. The number of benzene rings is 1. The Hall–Kier alpha value is -2.07. The zero-order valence-electron chi connectivity index (χ0n) is 13.2. The quantitative estimate of drug-likeness (QED) is 0.922. The van der Waals surface area contributed by atoms with E-state index in [1.807, 2.05) is 36.4 Å². The van der Waals surface area contributed by atoms with Crippen LogP contribution in [0, 0.1) is 5.92 Å². The standard InChI is InChI=1S/C19H22N2O2/c22-19(20-12-14-8-10-21(13-14)16-6-7-16)18-17(9-11-23-18)15-4-2-1-3-5-15/h1-5,9,11,14,16H,6-8,10,12-13H2,(H,20,22)/t14-/m1/s1. The van der Waals surface area contributed by atoms with Gasteiger partial charge in [0.25, 0.3) is 5.91 Å². The largest absolute Gasteiger partial charge is 0.459 e. The van der Waals surface area contributed by atoms with E-state index in [1.54, 1.807) is 6.26 Å². The Kier molecular flexibility index (Phi) is 3.92. The maximum atomic E-state index is 12.5. The lowest BCUT2D eigenvalue weighted by Gasteiger charge is -2.15. The van der Waals surface area contributed by atoms with E-state index in [-0.39, 0.29) is 5.91 Å². The van der Waals surface area contributed by atoms with E-state index in [2.05, 4.69) is 10.2 Å². The van der Waals surface area contributed by atoms with E-state index in [0.717, 1.165) is 30.3 Å². The van der Waals surface area contributed by atoms with E-state index in [1.165, 1.54) is 25.8 Å². The molecule has 0 bridgehead atoms. The summed E-state index contributed by atoms with van der Waals surface area (Å²) in [6.07, 6.45) is 5.47. The molecule has 4 rings (SSSR count). The average molecular weight is 310 g/mol. The molecule has 0 unspecified atom stereocenters. The minimum absolute atomic E-state index is 0.112. The first-order chi connectivity index (χ1) is 11.3. The molecule has 1 aliphatic heterocycles. The zero-order valence-corrected chi connectivity index (χ0v) is 13.2. The minimum Gasteiger partial charge on any atom is -0.459 e. The van der Waals surface area contributed by atoms with Crippen LogP contribution in [0.4, 0.5) is 0 Å². The van der Waals surface area contributed by atoms with E-state index in [0.29, 0.717) is 11.7 Å². The third kappa shape index (κ3) is 3.17. The van der Waals surface area contributed by atoms with Crippen LogP contribution in [0.5, 0.6) is 0 Å². The van der Waals surface area contributed by atoms with Gasteiger partial charge in [-0.1, -0.05) is 30.3 Å². The second-order valence-corrected chi connectivity index (χ2v) is 6.62. The summed E-state index contributed by atoms with van der Waals surface area (Å²) in [6.45, 7) is 3.03. The van der Waals surface area contributed by atoms with Gasteiger partial charge in [0.05, 0.1) is 6.26 Å². The van der Waals surface area contributed by atoms with Gasteiger partial charge in [0, 0.05) is 24.7 Å². The fraction of sp³-hybridized carbons (Fsp3) is 0.421. The number of nitrogens with one attached hydrogen (secondary N) is 1. The summed E-state index contributed by atoms with van der Waals surface area (Å²) in [5.41, 5.74) is 1.86. The molecule has 1 saturated carbocycles. The molecule has 4 heteroatoms. The number of hydrogen-bond acceptors (Lipinski definition) is 3. The molecule has 2 aromatic rings. The van der Waals surface area contributed by atoms with Crippen molar-refractivity contribution in [1.82, 2.24) is 10.2 Å². The lowest BCUT2D eigenvalue weighted by atomic mass is 10.1. The first-order valence-electron chi connectivity index (χ1n) is 8.46. The molecule has 2 heterocycles. The van der Waals surface area contributed by atoms with Crippen LogP contribution >= 0.6 is 0 Å². The molecule has 1 aromatic heterocycles. The van der Waals surface area contributed by atoms with Crippen molar-refractivity contribution in [2.24, 2.45) is 5.92 Å². The number of likely N-dealkylation sites (tertiary alicyclic amines) is 1. The van der Waals surface area contributed by atoms with Crippen LogP contribution in [-0.2, 0) is 0 Å². The van der Waals surface area contributed by atoms with Crippen molar-refractivity contribution < 1.29 is 9.21 Å². The Bertz CT molecular complexity index is 676. The average Bonchev–Trinajstić information content (AvgIpc) is 3.14. The lowest BCUT2D eigenvalue weighted by molar-refractivity contribution is 0.0920. The second kappa shape index (κ2) is 6.20. The topological polar surface area (TPSA) is 45.5 Å². The molecule has 4 nitrogen and oxygen atoms in total. The van der Waals surface area contributed by atoms with Crippen LogP contribution in [0.3, 0.4) is 0 Å². The highest BCUT2D eigenvalue weighted by atomic mass is 16.3. The summed E-state index contributed by atoms with van der Waals surface area (Å²) >= 11 is 0. The molecule has 2 fully saturated rings. The number of hydrogen-bond donors (Lipinski definition) is 1. The van der Waals surface area contributed by atoms with Gasteiger partial charge in [0.15, 0.2) is 5.76 Å². The monoisotopic (exact) mass is 310 g/mol. The summed E-state index contributed by atoms with van der Waals surface area (Å²) in [5, 5.41) is 3.06. The summed E-state index contributed by atoms with van der Waals surface area (Å²) in [4.78, 5) is 15.0. The molecule has 1 saturated heterocycles. The first-order valence-corrected chi connectivity index (χ1v) is 8.46. The Morgan fingerprint density at radius 1 is 1.17 bits per heavy atom. The number of nitrogens with zero attached hydrogens (tertiary/aromatic N) is 1. The van der Waals surface area contributed by atoms with Gasteiger partial charge in [-0.05, 0) is 43.4 Å². The molecule has 1 aliphatic carbocycles. The highest BCUT2D eigenvalue weighted by molar-refractivity contribution is 5.98. The Labute approximate surface area is 136 Å².